The van der Waals surface area contributed by atoms with Gasteiger partial charge in [-0.05, 0) is 6.07 Å². The van der Waals surface area contributed by atoms with Crippen molar-refractivity contribution in [2.24, 2.45) is 0 Å². The van der Waals surface area contributed by atoms with Gasteiger partial charge in [0.25, 0.3) is 0 Å². The molecule has 0 aliphatic heterocycles. The van der Waals surface area contributed by atoms with Gasteiger partial charge in [0, 0.05) is 5.39 Å². The van der Waals surface area contributed by atoms with Gasteiger partial charge in [0.2, 0.25) is 0 Å². The fraction of sp³-hybridized carbons (Fsp3) is 0. The second kappa shape index (κ2) is 2.68. The third-order valence-electron chi connectivity index (χ3n) is 1.57. The first kappa shape index (κ1) is 7.95. The molecule has 1 aromatic heterocycles. The maximum absolute atomic E-state index is 13.0. The van der Waals surface area contributed by atoms with Crippen molar-refractivity contribution in [3.8, 4) is 0 Å². The fourth-order valence-electron chi connectivity index (χ4n) is 1.03. The Balaban J connectivity index is 2.95. The van der Waals surface area contributed by atoms with Gasteiger partial charge in [-0.1, -0.05) is 23.7 Å². The molecule has 0 radical (unpaired) electrons. The van der Waals surface area contributed by atoms with E-state index in [0.29, 0.717) is 5.39 Å². The maximum atomic E-state index is 13.0. The Morgan fingerprint density at radius 3 is 2.67 bits per heavy atom. The molecule has 62 valence electrons. The lowest BCUT2D eigenvalue weighted by atomic mass is 10.2. The van der Waals surface area contributed by atoms with Crippen LogP contribution in [0, 0.1) is 10.9 Å². The molecule has 0 amide bonds. The average molecular weight is 205 g/mol. The topological polar surface area (TPSA) is 0 Å². The highest BCUT2D eigenvalue weighted by Crippen LogP contribution is 2.34. The van der Waals surface area contributed by atoms with Crippen molar-refractivity contribution in [2.75, 3.05) is 0 Å². The van der Waals surface area contributed by atoms with Crippen LogP contribution in [0.3, 0.4) is 0 Å². The number of rotatable bonds is 0. The summed E-state index contributed by atoms with van der Waals surface area (Å²) in [4.78, 5) is 0. The van der Waals surface area contributed by atoms with Crippen LogP contribution >= 0.6 is 22.9 Å². The van der Waals surface area contributed by atoms with Gasteiger partial charge in [0.15, 0.2) is 5.13 Å². The zero-order valence-corrected chi connectivity index (χ0v) is 7.35. The lowest BCUT2D eigenvalue weighted by Gasteiger charge is -1.89. The molecule has 0 saturated heterocycles. The molecule has 4 heteroatoms. The molecule has 0 nitrogen and oxygen atoms in total. The number of thiophene rings is 1. The minimum atomic E-state index is -0.531. The minimum absolute atomic E-state index is 0.00880. The van der Waals surface area contributed by atoms with Crippen LogP contribution in [-0.2, 0) is 0 Å². The molecular weight excluding hydrogens is 202 g/mol. The number of hydrogen-bond donors (Lipinski definition) is 0. The normalized spacial score (nSPS) is 10.9. The summed E-state index contributed by atoms with van der Waals surface area (Å²) in [5.74, 6) is -0.427. The molecule has 0 N–H and O–H groups in total. The van der Waals surface area contributed by atoms with Crippen LogP contribution in [0.5, 0.6) is 0 Å². The first-order chi connectivity index (χ1) is 5.70. The van der Waals surface area contributed by atoms with Gasteiger partial charge in [0.1, 0.15) is 5.82 Å². The van der Waals surface area contributed by atoms with Crippen molar-refractivity contribution in [3.63, 3.8) is 0 Å². The van der Waals surface area contributed by atoms with E-state index < -0.39 is 10.9 Å². The number of halogens is 3. The van der Waals surface area contributed by atoms with Crippen molar-refractivity contribution >= 4 is 33.0 Å². The molecule has 0 spiro atoms. The highest BCUT2D eigenvalue weighted by atomic mass is 35.5. The largest absolute Gasteiger partial charge is 0.205 e. The van der Waals surface area contributed by atoms with Crippen LogP contribution in [0.15, 0.2) is 18.2 Å². The molecule has 2 rings (SSSR count). The Morgan fingerprint density at radius 1 is 1.25 bits per heavy atom. The highest BCUT2D eigenvalue weighted by Gasteiger charge is 2.11. The van der Waals surface area contributed by atoms with E-state index >= 15 is 0 Å². The van der Waals surface area contributed by atoms with Crippen molar-refractivity contribution in [2.45, 2.75) is 0 Å². The highest BCUT2D eigenvalue weighted by molar-refractivity contribution is 7.18. The summed E-state index contributed by atoms with van der Waals surface area (Å²) in [6.07, 6.45) is 0. The Bertz CT molecular complexity index is 436. The van der Waals surface area contributed by atoms with Crippen LogP contribution in [-0.4, -0.2) is 0 Å². The minimum Gasteiger partial charge on any atom is -0.205 e. The Hall–Kier alpha value is -0.670. The summed E-state index contributed by atoms with van der Waals surface area (Å²) in [5.41, 5.74) is 0. The molecule has 1 aromatic carbocycles. The molecule has 0 fully saturated rings. The number of hydrogen-bond acceptors (Lipinski definition) is 1. The van der Waals surface area contributed by atoms with E-state index in [1.165, 1.54) is 12.1 Å². The predicted molar refractivity (Wildman–Crippen MR) is 46.8 cm³/mol. The molecule has 12 heavy (non-hydrogen) atoms. The fourth-order valence-corrected chi connectivity index (χ4v) is 2.18. The van der Waals surface area contributed by atoms with Gasteiger partial charge < -0.3 is 0 Å². The van der Waals surface area contributed by atoms with E-state index in [1.54, 1.807) is 6.07 Å². The van der Waals surface area contributed by atoms with Crippen LogP contribution in [0.2, 0.25) is 5.02 Å². The quantitative estimate of drug-likeness (QED) is 0.612. The lowest BCUT2D eigenvalue weighted by Crippen LogP contribution is -1.70. The van der Waals surface area contributed by atoms with Crippen molar-refractivity contribution < 1.29 is 8.78 Å². The maximum Gasteiger partial charge on any atom is 0.196 e. The summed E-state index contributed by atoms with van der Waals surface area (Å²) >= 11 is 6.31. The van der Waals surface area contributed by atoms with E-state index in [0.717, 1.165) is 11.3 Å². The van der Waals surface area contributed by atoms with E-state index in [1.807, 2.05) is 0 Å². The van der Waals surface area contributed by atoms with E-state index in [2.05, 4.69) is 0 Å². The van der Waals surface area contributed by atoms with Crippen LogP contribution in [0.1, 0.15) is 0 Å². The SMILES string of the molecule is Fc1sc2c(F)cccc2c1Cl. The third-order valence-corrected chi connectivity index (χ3v) is 3.05. The van der Waals surface area contributed by atoms with Gasteiger partial charge in [-0.25, -0.2) is 4.39 Å². The number of fused-ring (bicyclic) bond motifs is 1. The van der Waals surface area contributed by atoms with Gasteiger partial charge in [-0.3, -0.25) is 0 Å². The van der Waals surface area contributed by atoms with E-state index in [9.17, 15) is 8.78 Å². The van der Waals surface area contributed by atoms with Crippen LogP contribution in [0.25, 0.3) is 10.1 Å². The molecule has 0 saturated carbocycles. The molecular formula is C8H3ClF2S. The van der Waals surface area contributed by atoms with Crippen molar-refractivity contribution in [3.05, 3.63) is 34.2 Å². The molecule has 0 atom stereocenters. The number of benzene rings is 1. The first-order valence-electron chi connectivity index (χ1n) is 3.22. The first-order valence-corrected chi connectivity index (χ1v) is 4.41. The van der Waals surface area contributed by atoms with E-state index in [4.69, 9.17) is 11.6 Å². The predicted octanol–water partition coefficient (Wildman–Crippen LogP) is 3.83. The van der Waals surface area contributed by atoms with Gasteiger partial charge in [0.05, 0.1) is 9.72 Å². The summed E-state index contributed by atoms with van der Waals surface area (Å²) in [6, 6.07) is 4.39. The van der Waals surface area contributed by atoms with Crippen LogP contribution < -0.4 is 0 Å². The second-order valence-electron chi connectivity index (χ2n) is 2.31. The standard InChI is InChI=1S/C8H3ClF2S/c9-6-4-2-1-3-5(10)7(4)12-8(6)11/h1-3H. The molecule has 2 aromatic rings. The molecule has 0 bridgehead atoms. The molecule has 0 aliphatic rings. The molecule has 0 unspecified atom stereocenters. The van der Waals surface area contributed by atoms with Gasteiger partial charge >= 0.3 is 0 Å². The van der Waals surface area contributed by atoms with Gasteiger partial charge in [-0.15, -0.1) is 11.3 Å². The van der Waals surface area contributed by atoms with Crippen molar-refractivity contribution in [1.82, 2.24) is 0 Å². The van der Waals surface area contributed by atoms with Gasteiger partial charge in [-0.2, -0.15) is 4.39 Å². The van der Waals surface area contributed by atoms with Crippen molar-refractivity contribution in [1.29, 1.82) is 0 Å². The molecule has 1 heterocycles. The summed E-state index contributed by atoms with van der Waals surface area (Å²) in [6.45, 7) is 0. The second-order valence-corrected chi connectivity index (χ2v) is 3.66. The summed E-state index contributed by atoms with van der Waals surface area (Å²) in [5, 5.41) is -0.0783. The third kappa shape index (κ3) is 1.01. The Morgan fingerprint density at radius 2 is 2.00 bits per heavy atom. The zero-order valence-electron chi connectivity index (χ0n) is 5.77. The average Bonchev–Trinajstić information content (AvgIpc) is 2.32. The Kier molecular flexibility index (Phi) is 1.77. The smallest absolute Gasteiger partial charge is 0.196 e. The van der Waals surface area contributed by atoms with E-state index in [-0.39, 0.29) is 9.72 Å². The molecule has 0 aliphatic carbocycles. The summed E-state index contributed by atoms with van der Waals surface area (Å²) < 4.78 is 26.1. The monoisotopic (exact) mass is 204 g/mol. The summed E-state index contributed by atoms with van der Waals surface area (Å²) in [7, 11) is 0. The zero-order chi connectivity index (χ0) is 8.72. The Labute approximate surface area is 76.4 Å². The van der Waals surface area contributed by atoms with Crippen LogP contribution in [0.4, 0.5) is 8.78 Å². The lowest BCUT2D eigenvalue weighted by molar-refractivity contribution is 0.641.